The highest BCUT2D eigenvalue weighted by molar-refractivity contribution is 5.42. The van der Waals surface area contributed by atoms with Crippen LogP contribution in [0.2, 0.25) is 0 Å². The molecule has 1 heterocycles. The standard InChI is InChI=1S/C14H24N4O/c1-3-15-14-17-10(2)7-13(18-14)16-8-11-5-4-6-12(11)9-19/h7,11-12,19H,3-6,8-9H2,1-2H3,(H2,15,16,17,18). The van der Waals surface area contributed by atoms with Crippen LogP contribution in [0.5, 0.6) is 0 Å². The van der Waals surface area contributed by atoms with Crippen LogP contribution in [0, 0.1) is 18.8 Å². The molecular weight excluding hydrogens is 240 g/mol. The molecule has 0 aliphatic heterocycles. The van der Waals surface area contributed by atoms with E-state index in [2.05, 4.69) is 20.6 Å². The van der Waals surface area contributed by atoms with Gasteiger partial charge < -0.3 is 15.7 Å². The maximum absolute atomic E-state index is 9.33. The molecule has 19 heavy (non-hydrogen) atoms. The van der Waals surface area contributed by atoms with Gasteiger partial charge in [0.25, 0.3) is 0 Å². The van der Waals surface area contributed by atoms with E-state index in [1.807, 2.05) is 19.9 Å². The lowest BCUT2D eigenvalue weighted by molar-refractivity contribution is 0.199. The number of rotatable bonds is 6. The molecule has 0 amide bonds. The Balaban J connectivity index is 1.95. The van der Waals surface area contributed by atoms with Crippen LogP contribution in [0.25, 0.3) is 0 Å². The third-order valence-corrected chi connectivity index (χ3v) is 3.79. The molecule has 2 rings (SSSR count). The molecule has 3 N–H and O–H groups in total. The van der Waals surface area contributed by atoms with E-state index in [9.17, 15) is 5.11 Å². The average Bonchev–Trinajstić information content (AvgIpc) is 2.83. The lowest BCUT2D eigenvalue weighted by Gasteiger charge is -2.18. The maximum Gasteiger partial charge on any atom is 0.224 e. The van der Waals surface area contributed by atoms with Gasteiger partial charge >= 0.3 is 0 Å². The Morgan fingerprint density at radius 1 is 1.26 bits per heavy atom. The number of nitrogens with zero attached hydrogens (tertiary/aromatic N) is 2. The Hall–Kier alpha value is -1.36. The first kappa shape index (κ1) is 14.1. The fourth-order valence-electron chi connectivity index (χ4n) is 2.75. The first-order chi connectivity index (χ1) is 9.22. The van der Waals surface area contributed by atoms with E-state index in [-0.39, 0.29) is 0 Å². The van der Waals surface area contributed by atoms with Crippen molar-refractivity contribution in [3.63, 3.8) is 0 Å². The van der Waals surface area contributed by atoms with Gasteiger partial charge in [-0.3, -0.25) is 0 Å². The molecule has 2 unspecified atom stereocenters. The van der Waals surface area contributed by atoms with Crippen molar-refractivity contribution in [3.05, 3.63) is 11.8 Å². The molecule has 0 spiro atoms. The number of nitrogens with one attached hydrogen (secondary N) is 2. The van der Waals surface area contributed by atoms with Crippen molar-refractivity contribution in [2.75, 3.05) is 30.3 Å². The molecule has 0 radical (unpaired) electrons. The number of hydrogen-bond acceptors (Lipinski definition) is 5. The second kappa shape index (κ2) is 6.70. The minimum absolute atomic E-state index is 0.303. The highest BCUT2D eigenvalue weighted by atomic mass is 16.3. The van der Waals surface area contributed by atoms with Gasteiger partial charge in [0.15, 0.2) is 0 Å². The van der Waals surface area contributed by atoms with Crippen LogP contribution < -0.4 is 10.6 Å². The zero-order valence-corrected chi connectivity index (χ0v) is 11.8. The van der Waals surface area contributed by atoms with Gasteiger partial charge in [0.1, 0.15) is 5.82 Å². The predicted molar refractivity (Wildman–Crippen MR) is 77.3 cm³/mol. The fraction of sp³-hybridized carbons (Fsp3) is 0.714. The van der Waals surface area contributed by atoms with Gasteiger partial charge in [0.2, 0.25) is 5.95 Å². The summed E-state index contributed by atoms with van der Waals surface area (Å²) in [7, 11) is 0. The van der Waals surface area contributed by atoms with E-state index in [0.717, 1.165) is 31.0 Å². The first-order valence-electron chi connectivity index (χ1n) is 7.17. The van der Waals surface area contributed by atoms with Crippen molar-refractivity contribution < 1.29 is 5.11 Å². The quantitative estimate of drug-likeness (QED) is 0.733. The van der Waals surface area contributed by atoms with Crippen molar-refractivity contribution in [3.8, 4) is 0 Å². The number of aromatic nitrogens is 2. The third kappa shape index (κ3) is 3.80. The fourth-order valence-corrected chi connectivity index (χ4v) is 2.75. The van der Waals surface area contributed by atoms with Gasteiger partial charge in [-0.25, -0.2) is 4.98 Å². The van der Waals surface area contributed by atoms with Gasteiger partial charge in [0, 0.05) is 31.5 Å². The molecule has 0 saturated heterocycles. The molecular formula is C14H24N4O. The Kier molecular flexibility index (Phi) is 4.96. The minimum atomic E-state index is 0.303. The van der Waals surface area contributed by atoms with E-state index in [4.69, 9.17) is 0 Å². The minimum Gasteiger partial charge on any atom is -0.396 e. The first-order valence-corrected chi connectivity index (χ1v) is 7.17. The van der Waals surface area contributed by atoms with Crippen LogP contribution in [0.1, 0.15) is 31.9 Å². The summed E-state index contributed by atoms with van der Waals surface area (Å²) in [5.74, 6) is 2.55. The van der Waals surface area contributed by atoms with E-state index < -0.39 is 0 Å². The lowest BCUT2D eigenvalue weighted by atomic mass is 9.97. The summed E-state index contributed by atoms with van der Waals surface area (Å²) >= 11 is 0. The maximum atomic E-state index is 9.33. The summed E-state index contributed by atoms with van der Waals surface area (Å²) in [6.45, 7) is 6.01. The molecule has 1 aliphatic rings. The van der Waals surface area contributed by atoms with E-state index in [1.54, 1.807) is 0 Å². The summed E-state index contributed by atoms with van der Waals surface area (Å²) in [6.07, 6.45) is 3.57. The average molecular weight is 264 g/mol. The Morgan fingerprint density at radius 2 is 2.05 bits per heavy atom. The van der Waals surface area contributed by atoms with Gasteiger partial charge in [-0.05, 0) is 38.5 Å². The zero-order valence-electron chi connectivity index (χ0n) is 11.8. The van der Waals surface area contributed by atoms with Gasteiger partial charge in [-0.1, -0.05) is 6.42 Å². The highest BCUT2D eigenvalue weighted by Gasteiger charge is 2.26. The molecule has 1 aromatic heterocycles. The van der Waals surface area contributed by atoms with Crippen LogP contribution in [-0.4, -0.2) is 34.8 Å². The zero-order chi connectivity index (χ0) is 13.7. The Labute approximate surface area is 114 Å². The van der Waals surface area contributed by atoms with Crippen molar-refractivity contribution in [2.24, 2.45) is 11.8 Å². The van der Waals surface area contributed by atoms with E-state index in [0.29, 0.717) is 24.4 Å². The van der Waals surface area contributed by atoms with E-state index in [1.165, 1.54) is 12.8 Å². The van der Waals surface area contributed by atoms with E-state index >= 15 is 0 Å². The van der Waals surface area contributed by atoms with Gasteiger partial charge in [-0.15, -0.1) is 0 Å². The summed E-state index contributed by atoms with van der Waals surface area (Å²) in [4.78, 5) is 8.77. The monoisotopic (exact) mass is 264 g/mol. The molecule has 5 heteroatoms. The highest BCUT2D eigenvalue weighted by Crippen LogP contribution is 2.31. The number of hydrogen-bond donors (Lipinski definition) is 3. The Morgan fingerprint density at radius 3 is 2.79 bits per heavy atom. The normalized spacial score (nSPS) is 22.5. The summed E-state index contributed by atoms with van der Waals surface area (Å²) in [6, 6.07) is 1.96. The lowest BCUT2D eigenvalue weighted by Crippen LogP contribution is -2.21. The van der Waals surface area contributed by atoms with Crippen LogP contribution in [0.15, 0.2) is 6.07 Å². The van der Waals surface area contributed by atoms with Gasteiger partial charge in [-0.2, -0.15) is 4.98 Å². The molecule has 1 fully saturated rings. The van der Waals surface area contributed by atoms with Crippen LogP contribution in [0.4, 0.5) is 11.8 Å². The third-order valence-electron chi connectivity index (χ3n) is 3.79. The predicted octanol–water partition coefficient (Wildman–Crippen LogP) is 2.04. The molecule has 0 aromatic carbocycles. The molecule has 0 bridgehead atoms. The van der Waals surface area contributed by atoms with Crippen molar-refractivity contribution in [1.82, 2.24) is 9.97 Å². The molecule has 1 aliphatic carbocycles. The largest absolute Gasteiger partial charge is 0.396 e. The van der Waals surface area contributed by atoms with Crippen molar-refractivity contribution in [2.45, 2.75) is 33.1 Å². The summed E-state index contributed by atoms with van der Waals surface area (Å²) < 4.78 is 0. The molecule has 5 nitrogen and oxygen atoms in total. The Bertz CT molecular complexity index is 410. The SMILES string of the molecule is CCNc1nc(C)cc(NCC2CCCC2CO)n1. The van der Waals surface area contributed by atoms with Crippen LogP contribution in [-0.2, 0) is 0 Å². The topological polar surface area (TPSA) is 70.1 Å². The van der Waals surface area contributed by atoms with Crippen molar-refractivity contribution >= 4 is 11.8 Å². The van der Waals surface area contributed by atoms with Gasteiger partial charge in [0.05, 0.1) is 0 Å². The smallest absolute Gasteiger partial charge is 0.224 e. The number of aryl methyl sites for hydroxylation is 1. The number of aliphatic hydroxyl groups is 1. The number of aliphatic hydroxyl groups excluding tert-OH is 1. The van der Waals surface area contributed by atoms with Crippen LogP contribution in [0.3, 0.4) is 0 Å². The number of anilines is 2. The molecule has 2 atom stereocenters. The summed E-state index contributed by atoms with van der Waals surface area (Å²) in [5, 5.41) is 15.9. The second-order valence-electron chi connectivity index (χ2n) is 5.26. The van der Waals surface area contributed by atoms with Crippen LogP contribution >= 0.6 is 0 Å². The van der Waals surface area contributed by atoms with Crippen molar-refractivity contribution in [1.29, 1.82) is 0 Å². The second-order valence-corrected chi connectivity index (χ2v) is 5.26. The molecule has 1 aromatic rings. The molecule has 106 valence electrons. The molecule has 1 saturated carbocycles. The summed E-state index contributed by atoms with van der Waals surface area (Å²) in [5.41, 5.74) is 0.957.